The van der Waals surface area contributed by atoms with Gasteiger partial charge in [0.15, 0.2) is 0 Å². The van der Waals surface area contributed by atoms with Gasteiger partial charge < -0.3 is 4.90 Å². The molecule has 2 fully saturated rings. The van der Waals surface area contributed by atoms with Crippen LogP contribution in [0.3, 0.4) is 0 Å². The molecule has 0 heterocycles. The molecule has 222 valence electrons. The lowest BCUT2D eigenvalue weighted by Crippen LogP contribution is -2.18. The summed E-state index contributed by atoms with van der Waals surface area (Å²) in [6, 6.07) is 39.7. The van der Waals surface area contributed by atoms with Crippen molar-refractivity contribution in [2.24, 2.45) is 0 Å². The molecule has 0 spiro atoms. The Balaban J connectivity index is 1.30. The molecule has 0 atom stereocenters. The van der Waals surface area contributed by atoms with Crippen molar-refractivity contribution in [2.45, 2.75) is 95.3 Å². The molecule has 1 heteroatoms. The molecule has 0 unspecified atom stereocenters. The zero-order valence-electron chi connectivity index (χ0n) is 26.5. The Bertz CT molecular complexity index is 1800. The molecule has 8 rings (SSSR count). The second kappa shape index (κ2) is 11.3. The van der Waals surface area contributed by atoms with E-state index < -0.39 is 0 Å². The van der Waals surface area contributed by atoms with Crippen molar-refractivity contribution in [3.63, 3.8) is 0 Å². The molecule has 2 saturated carbocycles. The maximum atomic E-state index is 2.58. The van der Waals surface area contributed by atoms with Crippen LogP contribution >= 0.6 is 0 Å². The van der Waals surface area contributed by atoms with Gasteiger partial charge in [0, 0.05) is 22.2 Å². The van der Waals surface area contributed by atoms with Crippen LogP contribution in [-0.2, 0) is 5.41 Å². The molecule has 5 aromatic carbocycles. The van der Waals surface area contributed by atoms with Crippen molar-refractivity contribution in [3.8, 4) is 11.1 Å². The van der Waals surface area contributed by atoms with Crippen molar-refractivity contribution < 1.29 is 0 Å². The number of nitrogens with zero attached hydrogens (tertiary/aromatic N) is 1. The van der Waals surface area contributed by atoms with Gasteiger partial charge in [0.1, 0.15) is 0 Å². The van der Waals surface area contributed by atoms with E-state index in [0.717, 1.165) is 5.92 Å². The molecule has 5 aromatic rings. The molecule has 0 radical (unpaired) electrons. The monoisotopic (exact) mass is 575 g/mol. The van der Waals surface area contributed by atoms with Crippen LogP contribution in [0.4, 0.5) is 17.1 Å². The average molecular weight is 576 g/mol. The standard InChI is InChI=1S/C43H45N/c1-43(2)40-28-33(30-14-6-3-7-15-30)23-26-38(40)39-27-24-35(29-41(39)43)44(34-19-10-5-11-20-34)42-36-21-13-12-18-32(36)22-25-37(42)31-16-8-4-9-17-31/h5,10-13,18-31H,3-4,6-9,14-17H2,1-2H3. The van der Waals surface area contributed by atoms with Gasteiger partial charge >= 0.3 is 0 Å². The summed E-state index contributed by atoms with van der Waals surface area (Å²) in [4.78, 5) is 2.58. The molecule has 0 aromatic heterocycles. The van der Waals surface area contributed by atoms with Gasteiger partial charge in [-0.1, -0.05) is 131 Å². The Hall–Kier alpha value is -3.84. The van der Waals surface area contributed by atoms with Crippen molar-refractivity contribution in [3.05, 3.63) is 125 Å². The topological polar surface area (TPSA) is 3.24 Å². The van der Waals surface area contributed by atoms with E-state index in [9.17, 15) is 0 Å². The first-order valence-electron chi connectivity index (χ1n) is 17.3. The maximum Gasteiger partial charge on any atom is 0.0574 e. The molecule has 3 aliphatic carbocycles. The normalized spacial score (nSPS) is 18.2. The fraction of sp³-hybridized carbons (Fsp3) is 0.349. The lowest BCUT2D eigenvalue weighted by Gasteiger charge is -2.33. The summed E-state index contributed by atoms with van der Waals surface area (Å²) in [5, 5.41) is 2.66. The Labute approximate surface area is 264 Å². The number of para-hydroxylation sites is 1. The summed E-state index contributed by atoms with van der Waals surface area (Å²) >= 11 is 0. The van der Waals surface area contributed by atoms with Crippen LogP contribution < -0.4 is 4.90 Å². The second-order valence-corrected chi connectivity index (χ2v) is 14.2. The molecule has 44 heavy (non-hydrogen) atoms. The third-order valence-corrected chi connectivity index (χ3v) is 11.2. The van der Waals surface area contributed by atoms with Gasteiger partial charge in [-0.15, -0.1) is 0 Å². The molecule has 0 bridgehead atoms. The lowest BCUT2D eigenvalue weighted by molar-refractivity contribution is 0.443. The number of benzene rings is 5. The highest BCUT2D eigenvalue weighted by Gasteiger charge is 2.37. The highest BCUT2D eigenvalue weighted by Crippen LogP contribution is 2.53. The summed E-state index contributed by atoms with van der Waals surface area (Å²) in [5.74, 6) is 1.32. The van der Waals surface area contributed by atoms with Crippen LogP contribution in [0, 0.1) is 0 Å². The number of hydrogen-bond donors (Lipinski definition) is 0. The van der Waals surface area contributed by atoms with Crippen molar-refractivity contribution >= 4 is 27.8 Å². The minimum absolute atomic E-state index is 0.0430. The minimum Gasteiger partial charge on any atom is -0.310 e. The van der Waals surface area contributed by atoms with Crippen LogP contribution in [0.25, 0.3) is 21.9 Å². The minimum atomic E-state index is -0.0430. The SMILES string of the molecule is CC1(C)c2cc(C3CCCCC3)ccc2-c2ccc(N(c3ccccc3)c3c(C4CCCCC4)ccc4ccccc34)cc21. The van der Waals surface area contributed by atoms with Crippen molar-refractivity contribution in [1.29, 1.82) is 0 Å². The summed E-state index contributed by atoms with van der Waals surface area (Å²) in [5.41, 5.74) is 12.7. The maximum absolute atomic E-state index is 2.58. The van der Waals surface area contributed by atoms with Gasteiger partial charge in [-0.25, -0.2) is 0 Å². The zero-order chi connectivity index (χ0) is 29.7. The van der Waals surface area contributed by atoms with E-state index in [-0.39, 0.29) is 5.41 Å². The van der Waals surface area contributed by atoms with Crippen molar-refractivity contribution in [2.75, 3.05) is 4.90 Å². The van der Waals surface area contributed by atoms with Crippen LogP contribution in [0.15, 0.2) is 103 Å². The predicted molar refractivity (Wildman–Crippen MR) is 188 cm³/mol. The average Bonchev–Trinajstić information content (AvgIpc) is 3.31. The Morgan fingerprint density at radius 3 is 1.93 bits per heavy atom. The third kappa shape index (κ3) is 4.68. The summed E-state index contributed by atoms with van der Waals surface area (Å²) in [6.45, 7) is 4.90. The summed E-state index contributed by atoms with van der Waals surface area (Å²) in [7, 11) is 0. The van der Waals surface area contributed by atoms with Gasteiger partial charge in [-0.3, -0.25) is 0 Å². The van der Waals surface area contributed by atoms with Gasteiger partial charge in [0.05, 0.1) is 5.69 Å². The van der Waals surface area contributed by atoms with E-state index >= 15 is 0 Å². The lowest BCUT2D eigenvalue weighted by atomic mass is 9.78. The third-order valence-electron chi connectivity index (χ3n) is 11.2. The van der Waals surface area contributed by atoms with Gasteiger partial charge in [0.2, 0.25) is 0 Å². The Kier molecular flexibility index (Phi) is 7.09. The molecular weight excluding hydrogens is 530 g/mol. The second-order valence-electron chi connectivity index (χ2n) is 14.2. The fourth-order valence-electron chi connectivity index (χ4n) is 8.82. The fourth-order valence-corrected chi connectivity index (χ4v) is 8.82. The van der Waals surface area contributed by atoms with Gasteiger partial charge in [-0.2, -0.15) is 0 Å². The van der Waals surface area contributed by atoms with Crippen LogP contribution in [0.1, 0.15) is 112 Å². The highest BCUT2D eigenvalue weighted by atomic mass is 15.1. The number of anilines is 3. The number of rotatable bonds is 5. The van der Waals surface area contributed by atoms with E-state index in [1.165, 1.54) is 120 Å². The quantitative estimate of drug-likeness (QED) is 0.201. The highest BCUT2D eigenvalue weighted by molar-refractivity contribution is 6.01. The van der Waals surface area contributed by atoms with Crippen LogP contribution in [-0.4, -0.2) is 0 Å². The summed E-state index contributed by atoms with van der Waals surface area (Å²) < 4.78 is 0. The first-order valence-corrected chi connectivity index (χ1v) is 17.3. The van der Waals surface area contributed by atoms with Crippen LogP contribution in [0.2, 0.25) is 0 Å². The molecule has 1 nitrogen and oxygen atoms in total. The van der Waals surface area contributed by atoms with Crippen molar-refractivity contribution in [1.82, 2.24) is 0 Å². The van der Waals surface area contributed by atoms with E-state index in [1.54, 1.807) is 5.56 Å². The van der Waals surface area contributed by atoms with E-state index in [2.05, 4.69) is 122 Å². The van der Waals surface area contributed by atoms with E-state index in [1.807, 2.05) is 0 Å². The Morgan fingerprint density at radius 1 is 0.545 bits per heavy atom. The predicted octanol–water partition coefficient (Wildman–Crippen LogP) is 12.7. The first-order chi connectivity index (χ1) is 21.6. The largest absolute Gasteiger partial charge is 0.310 e. The van der Waals surface area contributed by atoms with E-state index in [4.69, 9.17) is 0 Å². The Morgan fingerprint density at radius 2 is 1.18 bits per heavy atom. The van der Waals surface area contributed by atoms with Gasteiger partial charge in [-0.05, 0) is 101 Å². The number of fused-ring (bicyclic) bond motifs is 4. The van der Waals surface area contributed by atoms with Gasteiger partial charge in [0.25, 0.3) is 0 Å². The molecule has 0 aliphatic heterocycles. The molecule has 0 saturated heterocycles. The summed E-state index contributed by atoms with van der Waals surface area (Å²) in [6.07, 6.45) is 13.4. The molecule has 0 amide bonds. The first kappa shape index (κ1) is 27.7. The van der Waals surface area contributed by atoms with E-state index in [0.29, 0.717) is 5.92 Å². The van der Waals surface area contributed by atoms with Crippen LogP contribution in [0.5, 0.6) is 0 Å². The zero-order valence-corrected chi connectivity index (χ0v) is 26.5. The molecule has 3 aliphatic rings. The number of hydrogen-bond acceptors (Lipinski definition) is 1. The smallest absolute Gasteiger partial charge is 0.0574 e. The molecule has 0 N–H and O–H groups in total. The molecular formula is C43H45N.